The monoisotopic (exact) mass is 296 g/mol. The van der Waals surface area contributed by atoms with Gasteiger partial charge in [0.2, 0.25) is 0 Å². The van der Waals surface area contributed by atoms with Crippen molar-refractivity contribution in [1.29, 1.82) is 0 Å². The van der Waals surface area contributed by atoms with Crippen molar-refractivity contribution in [2.75, 3.05) is 7.11 Å². The first-order valence-corrected chi connectivity index (χ1v) is 7.12. The first-order chi connectivity index (χ1) is 9.77. The van der Waals surface area contributed by atoms with E-state index in [1.807, 2.05) is 0 Å². The number of rotatable bonds is 3. The molecule has 0 amide bonds. The molecule has 7 atom stereocenters. The van der Waals surface area contributed by atoms with Crippen LogP contribution in [0.3, 0.4) is 0 Å². The summed E-state index contributed by atoms with van der Waals surface area (Å²) in [6.07, 6.45) is -0.202. The fourth-order valence-electron chi connectivity index (χ4n) is 4.38. The van der Waals surface area contributed by atoms with Crippen molar-refractivity contribution in [2.24, 2.45) is 23.7 Å². The average molecular weight is 296 g/mol. The average Bonchev–Trinajstić information content (AvgIpc) is 2.99. The van der Waals surface area contributed by atoms with Crippen LogP contribution < -0.4 is 0 Å². The molecule has 1 N–H and O–H groups in total. The Balaban J connectivity index is 1.91. The third-order valence-corrected chi connectivity index (χ3v) is 5.08. The molecule has 116 valence electrons. The molecule has 3 rings (SSSR count). The van der Waals surface area contributed by atoms with Crippen molar-refractivity contribution in [3.05, 3.63) is 12.2 Å². The van der Waals surface area contributed by atoms with Gasteiger partial charge in [0.25, 0.3) is 0 Å². The summed E-state index contributed by atoms with van der Waals surface area (Å²) in [7, 11) is 1.32. The molecule has 2 aliphatic carbocycles. The van der Waals surface area contributed by atoms with E-state index in [4.69, 9.17) is 14.2 Å². The van der Waals surface area contributed by atoms with Crippen LogP contribution in [-0.2, 0) is 23.8 Å². The first kappa shape index (κ1) is 14.5. The predicted molar refractivity (Wildman–Crippen MR) is 70.8 cm³/mol. The molecule has 2 bridgehead atoms. The SMILES string of the molecule is C=C(C)C(=O)OC1C2CC3C1OC(C)(O)C3C2C(=O)OC. The minimum atomic E-state index is -1.40. The molecule has 0 aromatic carbocycles. The molecule has 3 fully saturated rings. The number of hydrogen-bond acceptors (Lipinski definition) is 6. The number of carbonyl (C=O) groups is 2. The van der Waals surface area contributed by atoms with Crippen LogP contribution in [0.5, 0.6) is 0 Å². The van der Waals surface area contributed by atoms with Gasteiger partial charge in [0.15, 0.2) is 5.79 Å². The number of carbonyl (C=O) groups excluding carboxylic acids is 2. The van der Waals surface area contributed by atoms with Crippen molar-refractivity contribution in [2.45, 2.75) is 38.3 Å². The fraction of sp³-hybridized carbons (Fsp3) is 0.733. The van der Waals surface area contributed by atoms with Crippen LogP contribution >= 0.6 is 0 Å². The fourth-order valence-corrected chi connectivity index (χ4v) is 4.38. The van der Waals surface area contributed by atoms with Crippen LogP contribution in [0.15, 0.2) is 12.2 Å². The Morgan fingerprint density at radius 1 is 1.38 bits per heavy atom. The summed E-state index contributed by atoms with van der Waals surface area (Å²) >= 11 is 0. The molecule has 0 aromatic rings. The van der Waals surface area contributed by atoms with Crippen LogP contribution in [0.2, 0.25) is 0 Å². The van der Waals surface area contributed by atoms with Gasteiger partial charge in [-0.15, -0.1) is 0 Å². The topological polar surface area (TPSA) is 82.1 Å². The maximum atomic E-state index is 12.1. The highest BCUT2D eigenvalue weighted by Crippen LogP contribution is 2.63. The summed E-state index contributed by atoms with van der Waals surface area (Å²) in [5.74, 6) is -3.24. The summed E-state index contributed by atoms with van der Waals surface area (Å²) in [6.45, 7) is 6.70. The number of hydrogen-bond donors (Lipinski definition) is 1. The Morgan fingerprint density at radius 2 is 2.05 bits per heavy atom. The molecule has 21 heavy (non-hydrogen) atoms. The zero-order valence-electron chi connectivity index (χ0n) is 12.4. The molecule has 6 heteroatoms. The summed E-state index contributed by atoms with van der Waals surface area (Å²) in [5, 5.41) is 10.4. The Morgan fingerprint density at radius 3 is 2.62 bits per heavy atom. The van der Waals surface area contributed by atoms with Crippen molar-refractivity contribution in [3.8, 4) is 0 Å². The van der Waals surface area contributed by atoms with Gasteiger partial charge in [-0.05, 0) is 26.2 Å². The smallest absolute Gasteiger partial charge is 0.333 e. The number of methoxy groups -OCH3 is 1. The second-order valence-corrected chi connectivity index (χ2v) is 6.43. The van der Waals surface area contributed by atoms with Gasteiger partial charge in [-0.3, -0.25) is 4.79 Å². The molecule has 1 saturated heterocycles. The lowest BCUT2D eigenvalue weighted by molar-refractivity contribution is -0.209. The highest BCUT2D eigenvalue weighted by Gasteiger charge is 2.72. The normalized spacial score (nSPS) is 46.5. The molecule has 7 unspecified atom stereocenters. The second-order valence-electron chi connectivity index (χ2n) is 6.43. The van der Waals surface area contributed by atoms with Crippen molar-refractivity contribution in [1.82, 2.24) is 0 Å². The van der Waals surface area contributed by atoms with Crippen LogP contribution in [0.25, 0.3) is 0 Å². The molecule has 2 saturated carbocycles. The van der Waals surface area contributed by atoms with E-state index < -0.39 is 23.8 Å². The molecular weight excluding hydrogens is 276 g/mol. The van der Waals surface area contributed by atoms with Crippen LogP contribution in [0, 0.1) is 23.7 Å². The van der Waals surface area contributed by atoms with E-state index in [0.717, 1.165) is 0 Å². The molecule has 0 radical (unpaired) electrons. The van der Waals surface area contributed by atoms with E-state index in [0.29, 0.717) is 12.0 Å². The maximum Gasteiger partial charge on any atom is 0.333 e. The number of esters is 2. The van der Waals surface area contributed by atoms with Gasteiger partial charge in [0.1, 0.15) is 12.2 Å². The molecule has 0 spiro atoms. The maximum absolute atomic E-state index is 12.1. The number of aliphatic hydroxyl groups is 1. The lowest BCUT2D eigenvalue weighted by Crippen LogP contribution is -2.45. The quantitative estimate of drug-likeness (QED) is 0.608. The zero-order chi connectivity index (χ0) is 15.5. The molecule has 6 nitrogen and oxygen atoms in total. The van der Waals surface area contributed by atoms with E-state index in [2.05, 4.69) is 6.58 Å². The summed E-state index contributed by atoms with van der Waals surface area (Å²) < 4.78 is 16.0. The van der Waals surface area contributed by atoms with E-state index in [1.165, 1.54) is 7.11 Å². The molecule has 3 aliphatic rings. The predicted octanol–water partition coefficient (Wildman–Crippen LogP) is 0.637. The van der Waals surface area contributed by atoms with Gasteiger partial charge in [-0.25, -0.2) is 4.79 Å². The van der Waals surface area contributed by atoms with Gasteiger partial charge < -0.3 is 19.3 Å². The summed E-state index contributed by atoms with van der Waals surface area (Å²) in [5.41, 5.74) is 0.300. The van der Waals surface area contributed by atoms with E-state index in [9.17, 15) is 14.7 Å². The molecular formula is C15H20O6. The molecule has 0 aromatic heterocycles. The van der Waals surface area contributed by atoms with Gasteiger partial charge in [0, 0.05) is 17.4 Å². The molecule has 1 heterocycles. The van der Waals surface area contributed by atoms with Gasteiger partial charge in [-0.1, -0.05) is 6.58 Å². The highest BCUT2D eigenvalue weighted by atomic mass is 16.7. The first-order valence-electron chi connectivity index (χ1n) is 7.12. The van der Waals surface area contributed by atoms with Crippen LogP contribution in [-0.4, -0.2) is 42.1 Å². The minimum Gasteiger partial charge on any atom is -0.469 e. The van der Waals surface area contributed by atoms with E-state index in [-0.39, 0.29) is 29.8 Å². The highest BCUT2D eigenvalue weighted by molar-refractivity contribution is 5.87. The largest absolute Gasteiger partial charge is 0.469 e. The minimum absolute atomic E-state index is 0.0111. The summed E-state index contributed by atoms with van der Waals surface area (Å²) in [4.78, 5) is 23.9. The Hall–Kier alpha value is -1.40. The number of fused-ring (bicyclic) bond motifs is 1. The summed E-state index contributed by atoms with van der Waals surface area (Å²) in [6, 6.07) is 0. The standard InChI is InChI=1S/C15H20O6/c1-6(2)13(16)20-11-7-5-8-10(9(7)14(17)19-4)15(3,18)21-12(8)11/h7-12,18H,1,5H2,2-4H3. The third kappa shape index (κ3) is 1.92. The molecule has 1 aliphatic heterocycles. The van der Waals surface area contributed by atoms with Crippen LogP contribution in [0.1, 0.15) is 20.3 Å². The Labute approximate surface area is 123 Å². The Kier molecular flexibility index (Phi) is 3.15. The van der Waals surface area contributed by atoms with Crippen molar-refractivity contribution < 1.29 is 28.9 Å². The van der Waals surface area contributed by atoms with E-state index >= 15 is 0 Å². The zero-order valence-corrected chi connectivity index (χ0v) is 12.4. The van der Waals surface area contributed by atoms with Crippen molar-refractivity contribution in [3.63, 3.8) is 0 Å². The van der Waals surface area contributed by atoms with Crippen LogP contribution in [0.4, 0.5) is 0 Å². The second kappa shape index (κ2) is 4.55. The van der Waals surface area contributed by atoms with Gasteiger partial charge in [-0.2, -0.15) is 0 Å². The van der Waals surface area contributed by atoms with E-state index in [1.54, 1.807) is 13.8 Å². The lowest BCUT2D eigenvalue weighted by atomic mass is 9.75. The third-order valence-electron chi connectivity index (χ3n) is 5.08. The number of ether oxygens (including phenoxy) is 3. The lowest BCUT2D eigenvalue weighted by Gasteiger charge is -2.32. The van der Waals surface area contributed by atoms with Crippen molar-refractivity contribution >= 4 is 11.9 Å². The van der Waals surface area contributed by atoms with Gasteiger partial charge >= 0.3 is 11.9 Å². The van der Waals surface area contributed by atoms with Gasteiger partial charge in [0.05, 0.1) is 13.0 Å². The Bertz CT molecular complexity index is 510.